The molecule has 0 fully saturated rings. The van der Waals surface area contributed by atoms with Crippen LogP contribution in [-0.2, 0) is 6.42 Å². The number of hydrogen-bond acceptors (Lipinski definition) is 8. The minimum absolute atomic E-state index is 0.0161. The summed E-state index contributed by atoms with van der Waals surface area (Å²) in [5.74, 6) is 9.80. The van der Waals surface area contributed by atoms with Crippen LogP contribution in [0.1, 0.15) is 24.0 Å². The first-order chi connectivity index (χ1) is 17.3. The van der Waals surface area contributed by atoms with Gasteiger partial charge in [-0.2, -0.15) is 18.9 Å². The highest BCUT2D eigenvalue weighted by Gasteiger charge is 2.31. The average Bonchev–Trinajstić information content (AvgIpc) is 3.42. The molecule has 1 aromatic carbocycles. The van der Waals surface area contributed by atoms with Crippen LogP contribution in [0.5, 0.6) is 0 Å². The number of hydrogen-bond donors (Lipinski definition) is 4. The zero-order valence-electron chi connectivity index (χ0n) is 18.5. The third kappa shape index (κ3) is 4.03. The molecule has 1 aliphatic heterocycles. The Kier molecular flexibility index (Phi) is 5.86. The maximum absolute atomic E-state index is 14.9. The summed E-state index contributed by atoms with van der Waals surface area (Å²) in [6.45, 7) is 0. The van der Waals surface area contributed by atoms with E-state index in [1.807, 2.05) is 0 Å². The van der Waals surface area contributed by atoms with Crippen LogP contribution < -0.4 is 28.0 Å². The van der Waals surface area contributed by atoms with Crippen molar-refractivity contribution in [1.29, 1.82) is 0 Å². The first kappa shape index (κ1) is 23.4. The maximum Gasteiger partial charge on any atom is 0.254 e. The van der Waals surface area contributed by atoms with Crippen molar-refractivity contribution in [3.63, 3.8) is 0 Å². The Morgan fingerprint density at radius 3 is 2.69 bits per heavy atom. The van der Waals surface area contributed by atoms with Gasteiger partial charge in [0.05, 0.1) is 28.7 Å². The van der Waals surface area contributed by atoms with Crippen molar-refractivity contribution in [3.8, 4) is 22.6 Å². The molecule has 7 N–H and O–H groups in total. The third-order valence-corrected chi connectivity index (χ3v) is 6.06. The van der Waals surface area contributed by atoms with E-state index < -0.39 is 23.5 Å². The molecule has 184 valence electrons. The summed E-state index contributed by atoms with van der Waals surface area (Å²) in [6, 6.07) is 8.20. The SMILES string of the molecule is N/N=C\N(N)c1ccc(Cl)cc1-c1cc(=O)n2c(n1)CCC2c1[nH]c(-c2ccc(N)nc2F)nc1F. The first-order valence-corrected chi connectivity index (χ1v) is 11.0. The van der Waals surface area contributed by atoms with Crippen LogP contribution in [0.2, 0.25) is 5.02 Å². The Hall–Kier alpha value is -4.36. The van der Waals surface area contributed by atoms with Gasteiger partial charge >= 0.3 is 0 Å². The molecule has 0 bridgehead atoms. The zero-order chi connectivity index (χ0) is 25.6. The number of halogens is 3. The standard InChI is InChI=1S/C22H19ClF2N10O/c23-10-1-3-14(34(28)9-29-27)12(7-10)13-8-18(36)35-15(4-6-17(35)30-13)19-21(25)33-22(32-19)11-2-5-16(26)31-20(11)24/h1-3,5,7-9,15H,4,6,27-28H2,(H2,26,31)(H,32,33)/b29-9-. The van der Waals surface area contributed by atoms with Gasteiger partial charge in [0, 0.05) is 23.1 Å². The van der Waals surface area contributed by atoms with Gasteiger partial charge in [-0.05, 0) is 36.8 Å². The van der Waals surface area contributed by atoms with E-state index in [1.54, 1.807) is 18.2 Å². The van der Waals surface area contributed by atoms with Crippen LogP contribution >= 0.6 is 11.6 Å². The monoisotopic (exact) mass is 512 g/mol. The Balaban J connectivity index is 1.56. The van der Waals surface area contributed by atoms with Crippen molar-refractivity contribution in [1.82, 2.24) is 24.5 Å². The second-order valence-electron chi connectivity index (χ2n) is 8.02. The van der Waals surface area contributed by atoms with E-state index in [2.05, 4.69) is 25.0 Å². The number of aromatic amines is 1. The number of anilines is 2. The molecule has 0 amide bonds. The van der Waals surface area contributed by atoms with Crippen LogP contribution in [0.3, 0.4) is 0 Å². The molecule has 4 aromatic rings. The van der Waals surface area contributed by atoms with E-state index in [9.17, 15) is 13.6 Å². The number of nitrogen functional groups attached to an aromatic ring is 1. The second-order valence-corrected chi connectivity index (χ2v) is 8.45. The summed E-state index contributed by atoms with van der Waals surface area (Å²) >= 11 is 6.18. The van der Waals surface area contributed by atoms with Gasteiger partial charge in [0.2, 0.25) is 11.9 Å². The van der Waals surface area contributed by atoms with Crippen LogP contribution in [0.15, 0.2) is 46.3 Å². The number of hydrazone groups is 1. The van der Waals surface area contributed by atoms with E-state index in [-0.39, 0.29) is 22.9 Å². The molecule has 4 heterocycles. The minimum atomic E-state index is -0.892. The highest BCUT2D eigenvalue weighted by molar-refractivity contribution is 6.31. The van der Waals surface area contributed by atoms with Crippen LogP contribution in [0.4, 0.5) is 20.3 Å². The lowest BCUT2D eigenvalue weighted by Crippen LogP contribution is -2.30. The van der Waals surface area contributed by atoms with Gasteiger partial charge in [0.25, 0.3) is 5.56 Å². The van der Waals surface area contributed by atoms with Gasteiger partial charge in [-0.25, -0.2) is 15.8 Å². The number of nitrogens with zero attached hydrogens (tertiary/aromatic N) is 6. The molecule has 1 aliphatic rings. The lowest BCUT2D eigenvalue weighted by molar-refractivity contribution is 0.513. The molecule has 0 aliphatic carbocycles. The number of H-pyrrole nitrogens is 1. The summed E-state index contributed by atoms with van der Waals surface area (Å²) in [7, 11) is 0. The zero-order valence-corrected chi connectivity index (χ0v) is 19.2. The normalized spacial score (nSPS) is 14.9. The highest BCUT2D eigenvalue weighted by atomic mass is 35.5. The lowest BCUT2D eigenvalue weighted by atomic mass is 10.1. The molecule has 0 saturated heterocycles. The maximum atomic E-state index is 14.9. The average molecular weight is 513 g/mol. The lowest BCUT2D eigenvalue weighted by Gasteiger charge is -2.18. The molecule has 0 saturated carbocycles. The first-order valence-electron chi connectivity index (χ1n) is 10.6. The van der Waals surface area contributed by atoms with Gasteiger partial charge in [-0.3, -0.25) is 14.4 Å². The summed E-state index contributed by atoms with van der Waals surface area (Å²) in [4.78, 5) is 28.0. The highest BCUT2D eigenvalue weighted by Crippen LogP contribution is 2.35. The second kappa shape index (κ2) is 9.02. The quantitative estimate of drug-likeness (QED) is 0.104. The number of aromatic nitrogens is 5. The fraction of sp³-hybridized carbons (Fsp3) is 0.136. The molecule has 3 aromatic heterocycles. The number of fused-ring (bicyclic) bond motifs is 1. The Morgan fingerprint density at radius 1 is 1.14 bits per heavy atom. The largest absolute Gasteiger partial charge is 0.384 e. The molecule has 11 nitrogen and oxygen atoms in total. The van der Waals surface area contributed by atoms with E-state index in [0.29, 0.717) is 40.6 Å². The molecular formula is C22H19ClF2N10O. The van der Waals surface area contributed by atoms with E-state index >= 15 is 0 Å². The summed E-state index contributed by atoms with van der Waals surface area (Å²) in [6.07, 6.45) is 1.95. The van der Waals surface area contributed by atoms with E-state index in [0.717, 1.165) is 0 Å². The number of nitrogens with two attached hydrogens (primary N) is 3. The summed E-state index contributed by atoms with van der Waals surface area (Å²) in [5, 5.41) is 4.99. The van der Waals surface area contributed by atoms with Gasteiger partial charge in [-0.15, -0.1) is 0 Å². The Morgan fingerprint density at radius 2 is 1.94 bits per heavy atom. The number of benzene rings is 1. The Labute approximate surface area is 207 Å². The smallest absolute Gasteiger partial charge is 0.254 e. The van der Waals surface area contributed by atoms with Crippen molar-refractivity contribution in [2.45, 2.75) is 18.9 Å². The van der Waals surface area contributed by atoms with Gasteiger partial charge in [0.15, 0.2) is 0 Å². The molecule has 36 heavy (non-hydrogen) atoms. The van der Waals surface area contributed by atoms with E-state index in [4.69, 9.17) is 29.0 Å². The predicted octanol–water partition coefficient (Wildman–Crippen LogP) is 2.33. The van der Waals surface area contributed by atoms with Crippen molar-refractivity contribution < 1.29 is 8.78 Å². The fourth-order valence-corrected chi connectivity index (χ4v) is 4.44. The topological polar surface area (TPSA) is 170 Å². The van der Waals surface area contributed by atoms with Crippen molar-refractivity contribution in [3.05, 3.63) is 75.2 Å². The molecule has 5 rings (SSSR count). The molecule has 14 heteroatoms. The number of hydrazine groups is 1. The van der Waals surface area contributed by atoms with Crippen molar-refractivity contribution in [2.24, 2.45) is 16.8 Å². The molecule has 1 atom stereocenters. The minimum Gasteiger partial charge on any atom is -0.384 e. The summed E-state index contributed by atoms with van der Waals surface area (Å²) in [5.41, 5.74) is 6.32. The van der Waals surface area contributed by atoms with Crippen LogP contribution in [0, 0.1) is 11.9 Å². The number of nitrogens with one attached hydrogen (secondary N) is 1. The number of rotatable bonds is 5. The number of aryl methyl sites for hydroxylation is 1. The van der Waals surface area contributed by atoms with Gasteiger partial charge in [-0.1, -0.05) is 11.6 Å². The third-order valence-electron chi connectivity index (χ3n) is 5.83. The number of imidazole rings is 1. The molecule has 0 radical (unpaired) electrons. The van der Waals surface area contributed by atoms with Crippen molar-refractivity contribution in [2.75, 3.05) is 10.7 Å². The molecule has 0 spiro atoms. The predicted molar refractivity (Wildman–Crippen MR) is 131 cm³/mol. The van der Waals surface area contributed by atoms with Crippen molar-refractivity contribution >= 4 is 29.4 Å². The van der Waals surface area contributed by atoms with Crippen LogP contribution in [-0.4, -0.2) is 30.8 Å². The number of pyridine rings is 1. The van der Waals surface area contributed by atoms with Gasteiger partial charge in [0.1, 0.15) is 23.8 Å². The van der Waals surface area contributed by atoms with Gasteiger partial charge < -0.3 is 16.6 Å². The van der Waals surface area contributed by atoms with Crippen LogP contribution in [0.25, 0.3) is 22.6 Å². The summed E-state index contributed by atoms with van der Waals surface area (Å²) < 4.78 is 30.5. The Bertz CT molecular complexity index is 1570. The fourth-order valence-electron chi connectivity index (χ4n) is 4.27. The molecule has 1 unspecified atom stereocenters. The molecular weight excluding hydrogens is 494 g/mol. The van der Waals surface area contributed by atoms with E-state index in [1.165, 1.54) is 34.1 Å².